The van der Waals surface area contributed by atoms with E-state index in [-0.39, 0.29) is 11.4 Å². The molecule has 0 saturated heterocycles. The third-order valence-electron chi connectivity index (χ3n) is 2.30. The first-order valence-electron chi connectivity index (χ1n) is 5.06. The average Bonchev–Trinajstić information content (AvgIpc) is 2.34. The van der Waals surface area contributed by atoms with Gasteiger partial charge >= 0.3 is 0 Å². The summed E-state index contributed by atoms with van der Waals surface area (Å²) in [5.74, 6) is -0.159. The summed E-state index contributed by atoms with van der Waals surface area (Å²) < 4.78 is 12.7. The number of nitrogens with zero attached hydrogens (tertiary/aromatic N) is 3. The van der Waals surface area contributed by atoms with Gasteiger partial charge in [0.25, 0.3) is 5.69 Å². The predicted octanol–water partition coefficient (Wildman–Crippen LogP) is 2.58. The molecule has 92 valence electrons. The Labute approximate surface area is 102 Å². The molecule has 2 aromatic heterocycles. The molecule has 0 amide bonds. The largest absolute Gasteiger partial charge is 0.333 e. The Hall–Kier alpha value is -2.57. The molecule has 0 unspecified atom stereocenters. The smallest absolute Gasteiger partial charge is 0.296 e. The summed E-state index contributed by atoms with van der Waals surface area (Å²) in [6.45, 7) is 1.64. The molecule has 2 aromatic rings. The van der Waals surface area contributed by atoms with E-state index in [1.54, 1.807) is 6.92 Å². The van der Waals surface area contributed by atoms with Gasteiger partial charge < -0.3 is 5.32 Å². The maximum absolute atomic E-state index is 12.7. The number of anilines is 2. The van der Waals surface area contributed by atoms with E-state index in [9.17, 15) is 14.5 Å². The van der Waals surface area contributed by atoms with Gasteiger partial charge in [-0.15, -0.1) is 0 Å². The monoisotopic (exact) mass is 248 g/mol. The van der Waals surface area contributed by atoms with Crippen LogP contribution in [0.15, 0.2) is 30.6 Å². The quantitative estimate of drug-likeness (QED) is 0.666. The molecular formula is C11H9FN4O2. The van der Waals surface area contributed by atoms with Crippen LogP contribution in [0, 0.1) is 22.9 Å². The van der Waals surface area contributed by atoms with Gasteiger partial charge in [0.2, 0.25) is 0 Å². The third kappa shape index (κ3) is 2.40. The number of pyridine rings is 2. The standard InChI is InChI=1S/C11H9FN4O2/c1-7-11(9(16(17)18)4-5-13-7)15-10-3-2-8(12)6-14-10/h2-6H,1H3,(H,14,15). The summed E-state index contributed by atoms with van der Waals surface area (Å²) in [5, 5.41) is 13.6. The van der Waals surface area contributed by atoms with Gasteiger partial charge in [0.15, 0.2) is 0 Å². The van der Waals surface area contributed by atoms with E-state index < -0.39 is 10.7 Å². The van der Waals surface area contributed by atoms with E-state index in [2.05, 4.69) is 15.3 Å². The molecule has 0 atom stereocenters. The number of hydrogen-bond acceptors (Lipinski definition) is 5. The van der Waals surface area contributed by atoms with Crippen molar-refractivity contribution in [2.75, 3.05) is 5.32 Å². The zero-order chi connectivity index (χ0) is 13.1. The highest BCUT2D eigenvalue weighted by molar-refractivity contribution is 5.69. The second kappa shape index (κ2) is 4.74. The molecule has 6 nitrogen and oxygen atoms in total. The minimum atomic E-state index is -0.513. The fourth-order valence-corrected chi connectivity index (χ4v) is 1.44. The van der Waals surface area contributed by atoms with E-state index in [0.29, 0.717) is 11.5 Å². The van der Waals surface area contributed by atoms with Crippen molar-refractivity contribution in [3.63, 3.8) is 0 Å². The lowest BCUT2D eigenvalue weighted by atomic mass is 10.2. The van der Waals surface area contributed by atoms with Crippen molar-refractivity contribution < 1.29 is 9.31 Å². The Bertz CT molecular complexity index is 586. The van der Waals surface area contributed by atoms with Crippen LogP contribution in [0.1, 0.15) is 5.69 Å². The van der Waals surface area contributed by atoms with Crippen molar-refractivity contribution in [3.8, 4) is 0 Å². The van der Waals surface area contributed by atoms with Crippen molar-refractivity contribution in [2.45, 2.75) is 6.92 Å². The molecule has 0 aromatic carbocycles. The highest BCUT2D eigenvalue weighted by Crippen LogP contribution is 2.28. The average molecular weight is 248 g/mol. The normalized spacial score (nSPS) is 10.1. The molecule has 1 N–H and O–H groups in total. The highest BCUT2D eigenvalue weighted by Gasteiger charge is 2.16. The van der Waals surface area contributed by atoms with Crippen LogP contribution in [0.25, 0.3) is 0 Å². The van der Waals surface area contributed by atoms with Crippen LogP contribution in [0.3, 0.4) is 0 Å². The summed E-state index contributed by atoms with van der Waals surface area (Å²) in [6, 6.07) is 3.90. The second-order valence-corrected chi connectivity index (χ2v) is 3.53. The van der Waals surface area contributed by atoms with E-state index in [1.165, 1.54) is 24.4 Å². The third-order valence-corrected chi connectivity index (χ3v) is 2.30. The van der Waals surface area contributed by atoms with Crippen LogP contribution in [-0.4, -0.2) is 14.9 Å². The number of aromatic nitrogens is 2. The van der Waals surface area contributed by atoms with Crippen LogP contribution in [-0.2, 0) is 0 Å². The summed E-state index contributed by atoms with van der Waals surface area (Å²) in [7, 11) is 0. The van der Waals surface area contributed by atoms with Gasteiger partial charge in [0.1, 0.15) is 17.3 Å². The molecule has 0 aliphatic rings. The Morgan fingerprint density at radius 2 is 2.11 bits per heavy atom. The SMILES string of the molecule is Cc1nccc([N+](=O)[O-])c1Nc1ccc(F)cn1. The van der Waals surface area contributed by atoms with E-state index >= 15 is 0 Å². The molecule has 2 heterocycles. The van der Waals surface area contributed by atoms with Gasteiger partial charge in [-0.05, 0) is 19.1 Å². The molecule has 0 saturated carbocycles. The number of aryl methyl sites for hydroxylation is 1. The van der Waals surface area contributed by atoms with Crippen LogP contribution in [0.5, 0.6) is 0 Å². The van der Waals surface area contributed by atoms with Gasteiger partial charge in [-0.2, -0.15) is 0 Å². The summed E-state index contributed by atoms with van der Waals surface area (Å²) >= 11 is 0. The summed E-state index contributed by atoms with van der Waals surface area (Å²) in [4.78, 5) is 18.1. The highest BCUT2D eigenvalue weighted by atomic mass is 19.1. The molecule has 0 bridgehead atoms. The van der Waals surface area contributed by atoms with Crippen molar-refractivity contribution in [1.29, 1.82) is 0 Å². The van der Waals surface area contributed by atoms with Crippen LogP contribution in [0.4, 0.5) is 21.6 Å². The van der Waals surface area contributed by atoms with Crippen molar-refractivity contribution in [2.24, 2.45) is 0 Å². The van der Waals surface area contributed by atoms with Crippen LogP contribution >= 0.6 is 0 Å². The Kier molecular flexibility index (Phi) is 3.13. The molecule has 7 heteroatoms. The van der Waals surface area contributed by atoms with E-state index in [4.69, 9.17) is 0 Å². The first-order chi connectivity index (χ1) is 8.58. The number of halogens is 1. The molecular weight excluding hydrogens is 239 g/mol. The molecule has 0 aliphatic heterocycles. The van der Waals surface area contributed by atoms with E-state index in [1.807, 2.05) is 0 Å². The minimum Gasteiger partial charge on any atom is -0.333 e. The summed E-state index contributed by atoms with van der Waals surface area (Å²) in [5.41, 5.74) is 0.616. The minimum absolute atomic E-state index is 0.103. The molecule has 0 aliphatic carbocycles. The maximum Gasteiger partial charge on any atom is 0.296 e. The Morgan fingerprint density at radius 3 is 2.72 bits per heavy atom. The molecule has 0 radical (unpaired) electrons. The zero-order valence-electron chi connectivity index (χ0n) is 9.42. The molecule has 0 spiro atoms. The fourth-order valence-electron chi connectivity index (χ4n) is 1.44. The second-order valence-electron chi connectivity index (χ2n) is 3.53. The predicted molar refractivity (Wildman–Crippen MR) is 63.1 cm³/mol. The van der Waals surface area contributed by atoms with Gasteiger partial charge in [-0.1, -0.05) is 0 Å². The van der Waals surface area contributed by atoms with Crippen LogP contribution in [0.2, 0.25) is 0 Å². The first kappa shape index (κ1) is 11.9. The van der Waals surface area contributed by atoms with Crippen molar-refractivity contribution in [1.82, 2.24) is 9.97 Å². The van der Waals surface area contributed by atoms with Crippen LogP contribution < -0.4 is 5.32 Å². The molecule has 0 fully saturated rings. The number of rotatable bonds is 3. The van der Waals surface area contributed by atoms with E-state index in [0.717, 1.165) is 6.20 Å². The van der Waals surface area contributed by atoms with Gasteiger partial charge in [0, 0.05) is 12.3 Å². The maximum atomic E-state index is 12.7. The summed E-state index contributed by atoms with van der Waals surface area (Å²) in [6.07, 6.45) is 2.39. The number of hydrogen-bond donors (Lipinski definition) is 1. The molecule has 18 heavy (non-hydrogen) atoms. The molecule has 2 rings (SSSR count). The Morgan fingerprint density at radius 1 is 1.33 bits per heavy atom. The lowest BCUT2D eigenvalue weighted by Crippen LogP contribution is -2.02. The number of nitrogens with one attached hydrogen (secondary N) is 1. The number of nitro groups is 1. The Balaban J connectivity index is 2.39. The van der Waals surface area contributed by atoms with Gasteiger partial charge in [-0.3, -0.25) is 15.1 Å². The lowest BCUT2D eigenvalue weighted by Gasteiger charge is -2.08. The van der Waals surface area contributed by atoms with Gasteiger partial charge in [0.05, 0.1) is 16.8 Å². The first-order valence-corrected chi connectivity index (χ1v) is 5.06. The topological polar surface area (TPSA) is 81.0 Å². The lowest BCUT2D eigenvalue weighted by molar-refractivity contribution is -0.384. The zero-order valence-corrected chi connectivity index (χ0v) is 9.42. The van der Waals surface area contributed by atoms with Crippen molar-refractivity contribution in [3.05, 3.63) is 52.2 Å². The van der Waals surface area contributed by atoms with Gasteiger partial charge in [-0.25, -0.2) is 9.37 Å². The van der Waals surface area contributed by atoms with Crippen molar-refractivity contribution >= 4 is 17.2 Å². The fraction of sp³-hybridized carbons (Fsp3) is 0.0909.